The van der Waals surface area contributed by atoms with Crippen LogP contribution in [-0.4, -0.2) is 30.8 Å². The lowest BCUT2D eigenvalue weighted by Gasteiger charge is -2.31. The maximum absolute atomic E-state index is 11.8. The van der Waals surface area contributed by atoms with Crippen LogP contribution in [0.5, 0.6) is 0 Å². The topological polar surface area (TPSA) is 47.6 Å². The largest absolute Gasteiger partial charge is 0.462 e. The van der Waals surface area contributed by atoms with Gasteiger partial charge >= 0.3 is 5.97 Å². The van der Waals surface area contributed by atoms with Crippen molar-refractivity contribution in [2.24, 2.45) is 0 Å². The van der Waals surface area contributed by atoms with E-state index in [9.17, 15) is 4.79 Å². The summed E-state index contributed by atoms with van der Waals surface area (Å²) in [5.41, 5.74) is 1.08. The fraction of sp³-hybridized carbons (Fsp3) is 0.588. The standard InChI is InChI=1S/C17H25NO3/c1-13-11-16(12-14(2)20-13)21-17(19)9-6-10-18-15-7-4-3-5-8-15/h3-5,7-8,13-14,16,18H,6,9-12H2,1-2H3. The van der Waals surface area contributed by atoms with Crippen LogP contribution in [0.15, 0.2) is 30.3 Å². The van der Waals surface area contributed by atoms with Gasteiger partial charge < -0.3 is 14.8 Å². The van der Waals surface area contributed by atoms with E-state index in [4.69, 9.17) is 9.47 Å². The first kappa shape index (κ1) is 15.8. The summed E-state index contributed by atoms with van der Waals surface area (Å²) >= 11 is 0. The molecule has 0 aliphatic carbocycles. The van der Waals surface area contributed by atoms with Gasteiger partial charge in [-0.05, 0) is 32.4 Å². The van der Waals surface area contributed by atoms with Gasteiger partial charge in [-0.1, -0.05) is 18.2 Å². The van der Waals surface area contributed by atoms with E-state index < -0.39 is 0 Å². The number of benzene rings is 1. The molecule has 1 heterocycles. The second-order valence-corrected chi connectivity index (χ2v) is 5.74. The first-order valence-electron chi connectivity index (χ1n) is 7.77. The van der Waals surface area contributed by atoms with Crippen LogP contribution in [0.2, 0.25) is 0 Å². The molecular formula is C17H25NO3. The minimum absolute atomic E-state index is 0.0123. The van der Waals surface area contributed by atoms with Crippen LogP contribution >= 0.6 is 0 Å². The predicted molar refractivity (Wildman–Crippen MR) is 83.3 cm³/mol. The zero-order valence-corrected chi connectivity index (χ0v) is 12.9. The summed E-state index contributed by atoms with van der Waals surface area (Å²) in [4.78, 5) is 11.8. The lowest BCUT2D eigenvalue weighted by molar-refractivity contribution is -0.159. The Bertz CT molecular complexity index is 425. The molecular weight excluding hydrogens is 266 g/mol. The molecule has 21 heavy (non-hydrogen) atoms. The number of rotatable bonds is 6. The van der Waals surface area contributed by atoms with Crippen LogP contribution in [0.25, 0.3) is 0 Å². The summed E-state index contributed by atoms with van der Waals surface area (Å²) in [6.07, 6.45) is 3.20. The van der Waals surface area contributed by atoms with Gasteiger partial charge in [-0.3, -0.25) is 4.79 Å². The summed E-state index contributed by atoms with van der Waals surface area (Å²) in [5, 5.41) is 3.29. The fourth-order valence-corrected chi connectivity index (χ4v) is 2.71. The van der Waals surface area contributed by atoms with E-state index >= 15 is 0 Å². The van der Waals surface area contributed by atoms with E-state index in [0.717, 1.165) is 31.5 Å². The smallest absolute Gasteiger partial charge is 0.306 e. The van der Waals surface area contributed by atoms with Crippen molar-refractivity contribution >= 4 is 11.7 Å². The van der Waals surface area contributed by atoms with E-state index in [1.165, 1.54) is 0 Å². The third kappa shape index (κ3) is 5.76. The molecule has 0 spiro atoms. The van der Waals surface area contributed by atoms with E-state index in [-0.39, 0.29) is 24.3 Å². The highest BCUT2D eigenvalue weighted by Gasteiger charge is 2.26. The minimum Gasteiger partial charge on any atom is -0.462 e. The van der Waals surface area contributed by atoms with Crippen molar-refractivity contribution in [1.29, 1.82) is 0 Å². The van der Waals surface area contributed by atoms with Gasteiger partial charge in [-0.2, -0.15) is 0 Å². The quantitative estimate of drug-likeness (QED) is 0.645. The second kappa shape index (κ2) is 8.03. The fourth-order valence-electron chi connectivity index (χ4n) is 2.71. The zero-order chi connectivity index (χ0) is 15.1. The highest BCUT2D eigenvalue weighted by Crippen LogP contribution is 2.22. The van der Waals surface area contributed by atoms with Crippen molar-refractivity contribution < 1.29 is 14.3 Å². The SMILES string of the molecule is CC1CC(OC(=O)CCCNc2ccccc2)CC(C)O1. The van der Waals surface area contributed by atoms with Crippen LogP contribution < -0.4 is 5.32 Å². The van der Waals surface area contributed by atoms with E-state index in [1.807, 2.05) is 44.2 Å². The normalized spacial score (nSPS) is 25.3. The number of carbonyl (C=O) groups excluding carboxylic acids is 1. The summed E-state index contributed by atoms with van der Waals surface area (Å²) in [6.45, 7) is 4.83. The molecule has 1 aliphatic heterocycles. The first-order valence-corrected chi connectivity index (χ1v) is 7.77. The van der Waals surface area contributed by atoms with Crippen molar-refractivity contribution in [2.45, 2.75) is 57.8 Å². The summed E-state index contributed by atoms with van der Waals surface area (Å²) in [7, 11) is 0. The number of esters is 1. The molecule has 1 aromatic rings. The monoisotopic (exact) mass is 291 g/mol. The first-order chi connectivity index (χ1) is 10.1. The Morgan fingerprint density at radius 2 is 1.90 bits per heavy atom. The van der Waals surface area contributed by atoms with Crippen LogP contribution in [0.1, 0.15) is 39.5 Å². The molecule has 2 atom stereocenters. The van der Waals surface area contributed by atoms with Gasteiger partial charge in [0.15, 0.2) is 0 Å². The summed E-state index contributed by atoms with van der Waals surface area (Å²) in [6, 6.07) is 10.00. The molecule has 116 valence electrons. The van der Waals surface area contributed by atoms with Crippen LogP contribution in [0.4, 0.5) is 5.69 Å². The molecule has 1 aromatic carbocycles. The maximum atomic E-state index is 11.8. The van der Waals surface area contributed by atoms with Crippen molar-refractivity contribution in [2.75, 3.05) is 11.9 Å². The molecule has 1 N–H and O–H groups in total. The van der Waals surface area contributed by atoms with E-state index in [2.05, 4.69) is 5.32 Å². The maximum Gasteiger partial charge on any atom is 0.306 e. The molecule has 1 aliphatic rings. The molecule has 2 unspecified atom stereocenters. The number of carbonyl (C=O) groups is 1. The molecule has 4 nitrogen and oxygen atoms in total. The molecule has 0 amide bonds. The number of hydrogen-bond acceptors (Lipinski definition) is 4. The number of nitrogens with one attached hydrogen (secondary N) is 1. The lowest BCUT2D eigenvalue weighted by Crippen LogP contribution is -2.35. The van der Waals surface area contributed by atoms with Crippen molar-refractivity contribution in [1.82, 2.24) is 0 Å². The van der Waals surface area contributed by atoms with Crippen LogP contribution in [0.3, 0.4) is 0 Å². The Kier molecular flexibility index (Phi) is 6.05. The average molecular weight is 291 g/mol. The number of anilines is 1. The third-order valence-electron chi connectivity index (χ3n) is 3.61. The van der Waals surface area contributed by atoms with Gasteiger partial charge in [0.1, 0.15) is 6.10 Å². The second-order valence-electron chi connectivity index (χ2n) is 5.74. The molecule has 0 saturated carbocycles. The Morgan fingerprint density at radius 1 is 1.24 bits per heavy atom. The predicted octanol–water partition coefficient (Wildman–Crippen LogP) is 3.38. The van der Waals surface area contributed by atoms with Gasteiger partial charge in [0.25, 0.3) is 0 Å². The summed E-state index contributed by atoms with van der Waals surface area (Å²) < 4.78 is 11.2. The van der Waals surface area contributed by atoms with Crippen molar-refractivity contribution in [3.05, 3.63) is 30.3 Å². The number of hydrogen-bond donors (Lipinski definition) is 1. The molecule has 1 fully saturated rings. The van der Waals surface area contributed by atoms with E-state index in [1.54, 1.807) is 0 Å². The van der Waals surface area contributed by atoms with Gasteiger partial charge in [-0.25, -0.2) is 0 Å². The van der Waals surface area contributed by atoms with Crippen molar-refractivity contribution in [3.63, 3.8) is 0 Å². The Morgan fingerprint density at radius 3 is 2.57 bits per heavy atom. The van der Waals surface area contributed by atoms with E-state index in [0.29, 0.717) is 6.42 Å². The lowest BCUT2D eigenvalue weighted by atomic mass is 10.0. The van der Waals surface area contributed by atoms with Gasteiger partial charge in [-0.15, -0.1) is 0 Å². The van der Waals surface area contributed by atoms with Gasteiger partial charge in [0.2, 0.25) is 0 Å². The zero-order valence-electron chi connectivity index (χ0n) is 12.9. The Labute approximate surface area is 126 Å². The van der Waals surface area contributed by atoms with Crippen molar-refractivity contribution in [3.8, 4) is 0 Å². The minimum atomic E-state index is -0.101. The molecule has 2 rings (SSSR count). The van der Waals surface area contributed by atoms with Gasteiger partial charge in [0.05, 0.1) is 12.2 Å². The highest BCUT2D eigenvalue weighted by atomic mass is 16.6. The van der Waals surface area contributed by atoms with Crippen LogP contribution in [-0.2, 0) is 14.3 Å². The van der Waals surface area contributed by atoms with Gasteiger partial charge in [0, 0.05) is 31.5 Å². The Balaban J connectivity index is 1.61. The summed E-state index contributed by atoms with van der Waals surface area (Å²) in [5.74, 6) is -0.101. The third-order valence-corrected chi connectivity index (χ3v) is 3.61. The molecule has 0 bridgehead atoms. The van der Waals surface area contributed by atoms with Crippen LogP contribution in [0, 0.1) is 0 Å². The molecule has 1 saturated heterocycles. The molecule has 0 radical (unpaired) electrons. The number of ether oxygens (including phenoxy) is 2. The highest BCUT2D eigenvalue weighted by molar-refractivity contribution is 5.69. The molecule has 4 heteroatoms. The average Bonchev–Trinajstić information content (AvgIpc) is 2.43. The Hall–Kier alpha value is -1.55. The molecule has 0 aromatic heterocycles. The number of para-hydroxylation sites is 1.